The minimum absolute atomic E-state index is 0.0639. The number of phenolic OH excluding ortho intramolecular Hbond substituents is 2. The van der Waals surface area contributed by atoms with Gasteiger partial charge in [-0.1, -0.05) is 220 Å². The summed E-state index contributed by atoms with van der Waals surface area (Å²) in [6.45, 7) is 10.6. The largest absolute Gasteiger partial charge is 0.507 e. The zero-order chi connectivity index (χ0) is 43.9. The fraction of sp³-hybridized carbons (Fsp3) is 0.745. The average Bonchev–Trinajstić information content (AvgIpc) is 3.25. The van der Waals surface area contributed by atoms with E-state index in [4.69, 9.17) is 14.5 Å². The molecule has 6 nitrogen and oxygen atoms in total. The zero-order valence-electron chi connectivity index (χ0n) is 40.1. The minimum Gasteiger partial charge on any atom is -0.507 e. The van der Waals surface area contributed by atoms with Gasteiger partial charge in [-0.05, 0) is 43.0 Å². The Morgan fingerprint density at radius 1 is 0.443 bits per heavy atom. The Morgan fingerprint density at radius 3 is 1.07 bits per heavy atom. The predicted molar refractivity (Wildman–Crippen MR) is 265 cm³/mol. The third-order valence-electron chi connectivity index (χ3n) is 12.2. The maximum Gasteiger partial charge on any atom is 0.128 e. The zero-order valence-corrected chi connectivity index (χ0v) is 40.1. The van der Waals surface area contributed by atoms with E-state index in [1.54, 1.807) is 24.6 Å². The van der Waals surface area contributed by atoms with Crippen molar-refractivity contribution in [2.45, 2.75) is 239 Å². The number of aliphatic imine (C=N–C) groups is 2. The van der Waals surface area contributed by atoms with Gasteiger partial charge in [0.05, 0.1) is 25.8 Å². The van der Waals surface area contributed by atoms with Gasteiger partial charge in [-0.25, -0.2) is 0 Å². The van der Waals surface area contributed by atoms with Gasteiger partial charge < -0.3 is 19.7 Å². The molecular formula is C55H94N2O4. The highest BCUT2D eigenvalue weighted by molar-refractivity contribution is 5.84. The second-order valence-electron chi connectivity index (χ2n) is 18.3. The summed E-state index contributed by atoms with van der Waals surface area (Å²) < 4.78 is 11.9. The molecule has 0 bridgehead atoms. The summed E-state index contributed by atoms with van der Waals surface area (Å²) in [6, 6.07) is 10.8. The molecule has 6 heteroatoms. The van der Waals surface area contributed by atoms with Crippen molar-refractivity contribution in [3.8, 4) is 23.0 Å². The van der Waals surface area contributed by atoms with Crippen molar-refractivity contribution in [2.24, 2.45) is 15.9 Å². The molecule has 0 spiro atoms. The second kappa shape index (κ2) is 38.6. The Hall–Kier alpha value is -3.02. The quantitative estimate of drug-likeness (QED) is 0.0515. The molecular weight excluding hydrogens is 753 g/mol. The number of unbranched alkanes of at least 4 members (excludes halogenated alkanes) is 30. The molecule has 0 saturated heterocycles. The highest BCUT2D eigenvalue weighted by Crippen LogP contribution is 2.25. The predicted octanol–water partition coefficient (Wildman–Crippen LogP) is 16.9. The van der Waals surface area contributed by atoms with E-state index in [-0.39, 0.29) is 23.5 Å². The SMILES string of the molecule is CCCCCCCCCCCCCCCCCCOc1ccc(C=NC[C@@H](N=Cc2ccc(OCCCCCCCCCCCCCCCCCC)cc2O)C(C)C)c(O)c1. The molecule has 61 heavy (non-hydrogen) atoms. The van der Waals surface area contributed by atoms with Crippen LogP contribution in [0.15, 0.2) is 46.4 Å². The van der Waals surface area contributed by atoms with Crippen molar-refractivity contribution in [3.05, 3.63) is 47.5 Å². The fourth-order valence-electron chi connectivity index (χ4n) is 7.99. The maximum atomic E-state index is 10.7. The minimum atomic E-state index is -0.0639. The molecule has 348 valence electrons. The molecule has 0 aliphatic heterocycles. The van der Waals surface area contributed by atoms with Crippen LogP contribution in [0.4, 0.5) is 0 Å². The second-order valence-corrected chi connectivity index (χ2v) is 18.3. The van der Waals surface area contributed by atoms with Crippen LogP contribution in [0.3, 0.4) is 0 Å². The Kier molecular flexibility index (Phi) is 34.3. The van der Waals surface area contributed by atoms with Gasteiger partial charge in [0.1, 0.15) is 23.0 Å². The Balaban J connectivity index is 1.54. The summed E-state index contributed by atoms with van der Waals surface area (Å²) in [6.07, 6.45) is 46.7. The molecule has 0 fully saturated rings. The van der Waals surface area contributed by atoms with Crippen LogP contribution in [0.1, 0.15) is 244 Å². The summed E-state index contributed by atoms with van der Waals surface area (Å²) in [5, 5.41) is 21.3. The van der Waals surface area contributed by atoms with Crippen molar-refractivity contribution in [3.63, 3.8) is 0 Å². The van der Waals surface area contributed by atoms with Gasteiger partial charge in [-0.15, -0.1) is 0 Å². The monoisotopic (exact) mass is 847 g/mol. The third kappa shape index (κ3) is 29.8. The number of ether oxygens (including phenoxy) is 2. The standard InChI is InChI=1S/C55H94N2O4/c1-5-7-9-11-13-15-17-19-21-23-25-27-29-31-33-35-41-60-51-39-37-49(54(58)43-51)45-56-47-53(48(3)4)57-46-50-38-40-52(44-55(50)59)61-42-36-34-32-30-28-26-24-22-20-18-16-14-12-10-8-6-2/h37-40,43-46,48,53,58-59H,5-36,41-42,47H2,1-4H3/t53-/m1/s1. The van der Waals surface area contributed by atoms with Crippen LogP contribution in [0.2, 0.25) is 0 Å². The Morgan fingerprint density at radius 2 is 0.754 bits per heavy atom. The maximum absolute atomic E-state index is 10.7. The van der Waals surface area contributed by atoms with Crippen LogP contribution in [-0.2, 0) is 0 Å². The van der Waals surface area contributed by atoms with Gasteiger partial charge in [0.15, 0.2) is 0 Å². The third-order valence-corrected chi connectivity index (χ3v) is 12.2. The fourth-order valence-corrected chi connectivity index (χ4v) is 7.99. The van der Waals surface area contributed by atoms with E-state index in [1.807, 2.05) is 24.3 Å². The van der Waals surface area contributed by atoms with E-state index in [9.17, 15) is 10.2 Å². The van der Waals surface area contributed by atoms with Crippen molar-refractivity contribution in [1.29, 1.82) is 0 Å². The highest BCUT2D eigenvalue weighted by Gasteiger charge is 2.12. The van der Waals surface area contributed by atoms with Crippen LogP contribution in [0, 0.1) is 5.92 Å². The number of phenols is 2. The summed E-state index contributed by atoms with van der Waals surface area (Å²) in [5.41, 5.74) is 1.33. The van der Waals surface area contributed by atoms with Crippen LogP contribution in [0.25, 0.3) is 0 Å². The van der Waals surface area contributed by atoms with Crippen LogP contribution >= 0.6 is 0 Å². The lowest BCUT2D eigenvalue weighted by Gasteiger charge is -2.14. The van der Waals surface area contributed by atoms with Crippen molar-refractivity contribution >= 4 is 12.4 Å². The van der Waals surface area contributed by atoms with Crippen molar-refractivity contribution < 1.29 is 19.7 Å². The van der Waals surface area contributed by atoms with Gasteiger partial charge in [-0.2, -0.15) is 0 Å². The smallest absolute Gasteiger partial charge is 0.128 e. The molecule has 2 rings (SSSR count). The van der Waals surface area contributed by atoms with Crippen molar-refractivity contribution in [1.82, 2.24) is 0 Å². The van der Waals surface area contributed by atoms with E-state index in [2.05, 4.69) is 32.7 Å². The number of aromatic hydroxyl groups is 2. The summed E-state index contributed by atoms with van der Waals surface area (Å²) in [5.74, 6) is 1.97. The van der Waals surface area contributed by atoms with Crippen LogP contribution < -0.4 is 9.47 Å². The van der Waals surface area contributed by atoms with E-state index in [1.165, 1.54) is 193 Å². The topological polar surface area (TPSA) is 83.6 Å². The lowest BCUT2D eigenvalue weighted by atomic mass is 10.0. The van der Waals surface area contributed by atoms with Gasteiger partial charge in [0.25, 0.3) is 0 Å². The summed E-state index contributed by atoms with van der Waals surface area (Å²) in [4.78, 5) is 9.40. The summed E-state index contributed by atoms with van der Waals surface area (Å²) in [7, 11) is 0. The molecule has 1 atom stereocenters. The molecule has 0 aliphatic carbocycles. The van der Waals surface area contributed by atoms with E-state index in [0.717, 1.165) is 12.8 Å². The average molecular weight is 847 g/mol. The first-order valence-electron chi connectivity index (χ1n) is 25.9. The number of nitrogens with zero attached hydrogens (tertiary/aromatic N) is 2. The first kappa shape index (κ1) is 54.1. The molecule has 0 heterocycles. The number of hydrogen-bond donors (Lipinski definition) is 2. The molecule has 0 amide bonds. The van der Waals surface area contributed by atoms with Gasteiger partial charge in [-0.3, -0.25) is 9.98 Å². The number of rotatable bonds is 42. The van der Waals surface area contributed by atoms with E-state index >= 15 is 0 Å². The van der Waals surface area contributed by atoms with E-state index in [0.29, 0.717) is 42.4 Å². The Bertz CT molecular complexity index is 1360. The normalized spacial score (nSPS) is 12.3. The molecule has 2 N–H and O–H groups in total. The van der Waals surface area contributed by atoms with E-state index < -0.39 is 0 Å². The first-order valence-corrected chi connectivity index (χ1v) is 25.9. The van der Waals surface area contributed by atoms with Gasteiger partial charge in [0, 0.05) is 35.7 Å². The van der Waals surface area contributed by atoms with Crippen LogP contribution in [0.5, 0.6) is 23.0 Å². The molecule has 0 aliphatic rings. The summed E-state index contributed by atoms with van der Waals surface area (Å²) >= 11 is 0. The van der Waals surface area contributed by atoms with Crippen LogP contribution in [-0.4, -0.2) is 48.4 Å². The first-order chi connectivity index (χ1) is 29.9. The lowest BCUT2D eigenvalue weighted by Crippen LogP contribution is -2.17. The Labute approximate surface area is 376 Å². The van der Waals surface area contributed by atoms with Gasteiger partial charge in [0.2, 0.25) is 0 Å². The number of hydrogen-bond acceptors (Lipinski definition) is 6. The van der Waals surface area contributed by atoms with Gasteiger partial charge >= 0.3 is 0 Å². The molecule has 0 radical (unpaired) electrons. The molecule has 2 aromatic carbocycles. The number of benzene rings is 2. The molecule has 0 saturated carbocycles. The molecule has 0 unspecified atom stereocenters. The lowest BCUT2D eigenvalue weighted by molar-refractivity contribution is 0.302. The highest BCUT2D eigenvalue weighted by atomic mass is 16.5. The molecule has 2 aromatic rings. The van der Waals surface area contributed by atoms with Crippen molar-refractivity contribution in [2.75, 3.05) is 19.8 Å². The molecule has 0 aromatic heterocycles.